The van der Waals surface area contributed by atoms with Crippen LogP contribution in [0.25, 0.3) is 0 Å². The lowest BCUT2D eigenvalue weighted by Gasteiger charge is -2.17. The second kappa shape index (κ2) is 6.88. The largest absolute Gasteiger partial charge is 0.496 e. The molecule has 0 aromatic heterocycles. The molecule has 19 heavy (non-hydrogen) atoms. The van der Waals surface area contributed by atoms with Crippen molar-refractivity contribution in [2.75, 3.05) is 19.1 Å². The third-order valence-electron chi connectivity index (χ3n) is 3.04. The van der Waals surface area contributed by atoms with Gasteiger partial charge in [0, 0.05) is 18.1 Å². The number of rotatable bonds is 7. The molecule has 1 aromatic rings. The van der Waals surface area contributed by atoms with E-state index in [9.17, 15) is 8.42 Å². The number of ether oxygens (including phenoxy) is 1. The first kappa shape index (κ1) is 15.9. The predicted molar refractivity (Wildman–Crippen MR) is 76.7 cm³/mol. The quantitative estimate of drug-likeness (QED) is 0.584. The zero-order valence-corrected chi connectivity index (χ0v) is 12.5. The van der Waals surface area contributed by atoms with Gasteiger partial charge in [0.15, 0.2) is 0 Å². The van der Waals surface area contributed by atoms with Gasteiger partial charge in [0.2, 0.25) is 0 Å². The molecule has 6 heteroatoms. The van der Waals surface area contributed by atoms with Gasteiger partial charge in [0.1, 0.15) is 15.6 Å². The topological polar surface area (TPSA) is 81.4 Å². The number of methoxy groups -OCH3 is 1. The molecule has 1 aromatic carbocycles. The molecule has 0 aliphatic heterocycles. The van der Waals surface area contributed by atoms with Crippen LogP contribution in [-0.4, -0.2) is 27.5 Å². The highest BCUT2D eigenvalue weighted by Crippen LogP contribution is 2.25. The Labute approximate surface area is 115 Å². The van der Waals surface area contributed by atoms with Gasteiger partial charge in [0.05, 0.1) is 7.11 Å². The molecule has 0 aliphatic rings. The maximum Gasteiger partial charge on any atom is 0.147 e. The van der Waals surface area contributed by atoms with Gasteiger partial charge in [-0.1, -0.05) is 12.1 Å². The molecule has 0 bridgehead atoms. The van der Waals surface area contributed by atoms with Gasteiger partial charge in [0.25, 0.3) is 0 Å². The summed E-state index contributed by atoms with van der Waals surface area (Å²) in [5, 5.41) is 0. The van der Waals surface area contributed by atoms with Crippen LogP contribution in [-0.2, 0) is 9.84 Å². The standard InChI is InChI=1S/C13H22N2O3S/c1-10-6-7-11(9-13(10)18-2)12(15-14)5-4-8-19(3,16)17/h6-7,9,12,15H,4-5,8,14H2,1-3H3. The van der Waals surface area contributed by atoms with Crippen molar-refractivity contribution in [3.8, 4) is 5.75 Å². The van der Waals surface area contributed by atoms with Crippen LogP contribution >= 0.6 is 0 Å². The highest BCUT2D eigenvalue weighted by molar-refractivity contribution is 7.90. The van der Waals surface area contributed by atoms with E-state index >= 15 is 0 Å². The molecule has 0 saturated carbocycles. The fourth-order valence-corrected chi connectivity index (χ4v) is 2.64. The van der Waals surface area contributed by atoms with Crippen LogP contribution < -0.4 is 16.0 Å². The third-order valence-corrected chi connectivity index (χ3v) is 4.07. The van der Waals surface area contributed by atoms with E-state index in [1.807, 2.05) is 25.1 Å². The Kier molecular flexibility index (Phi) is 5.78. The molecule has 0 spiro atoms. The van der Waals surface area contributed by atoms with Crippen molar-refractivity contribution in [1.29, 1.82) is 0 Å². The molecule has 0 radical (unpaired) electrons. The SMILES string of the molecule is COc1cc(C(CCCS(C)(=O)=O)NN)ccc1C. The van der Waals surface area contributed by atoms with Gasteiger partial charge in [-0.15, -0.1) is 0 Å². The first-order valence-electron chi connectivity index (χ1n) is 6.15. The molecule has 0 heterocycles. The second-order valence-electron chi connectivity index (χ2n) is 4.72. The predicted octanol–water partition coefficient (Wildman–Crippen LogP) is 1.33. The zero-order valence-electron chi connectivity index (χ0n) is 11.6. The summed E-state index contributed by atoms with van der Waals surface area (Å²) >= 11 is 0. The molecule has 3 N–H and O–H groups in total. The van der Waals surface area contributed by atoms with E-state index in [4.69, 9.17) is 10.6 Å². The van der Waals surface area contributed by atoms with Crippen molar-refractivity contribution >= 4 is 9.84 Å². The van der Waals surface area contributed by atoms with Gasteiger partial charge < -0.3 is 4.74 Å². The minimum Gasteiger partial charge on any atom is -0.496 e. The van der Waals surface area contributed by atoms with Gasteiger partial charge in [-0.2, -0.15) is 0 Å². The van der Waals surface area contributed by atoms with Crippen LogP contribution in [0.1, 0.15) is 30.0 Å². The maximum atomic E-state index is 11.1. The molecular weight excluding hydrogens is 264 g/mol. The van der Waals surface area contributed by atoms with Crippen LogP contribution in [0, 0.1) is 6.92 Å². The number of hydrogen-bond acceptors (Lipinski definition) is 5. The Morgan fingerprint density at radius 1 is 1.42 bits per heavy atom. The third kappa shape index (κ3) is 5.18. The van der Waals surface area contributed by atoms with E-state index in [-0.39, 0.29) is 11.8 Å². The summed E-state index contributed by atoms with van der Waals surface area (Å²) in [5.41, 5.74) is 4.78. The lowest BCUT2D eigenvalue weighted by atomic mass is 10.0. The lowest BCUT2D eigenvalue weighted by Crippen LogP contribution is -2.28. The minimum atomic E-state index is -2.92. The zero-order chi connectivity index (χ0) is 14.5. The minimum absolute atomic E-state index is 0.0729. The molecule has 0 amide bonds. The van der Waals surface area contributed by atoms with Crippen LogP contribution in [0.5, 0.6) is 5.75 Å². The summed E-state index contributed by atoms with van der Waals surface area (Å²) in [5.74, 6) is 6.53. The second-order valence-corrected chi connectivity index (χ2v) is 6.98. The molecule has 108 valence electrons. The number of hydrogen-bond donors (Lipinski definition) is 2. The summed E-state index contributed by atoms with van der Waals surface area (Å²) in [4.78, 5) is 0. The van der Waals surface area contributed by atoms with Gasteiger partial charge in [-0.05, 0) is 37.0 Å². The molecule has 0 aliphatic carbocycles. The Balaban J connectivity index is 2.74. The van der Waals surface area contributed by atoms with Crippen LogP contribution in [0.15, 0.2) is 18.2 Å². The summed E-state index contributed by atoms with van der Waals surface area (Å²) in [6, 6.07) is 5.80. The average molecular weight is 286 g/mol. The van der Waals surface area contributed by atoms with Gasteiger partial charge >= 0.3 is 0 Å². The number of nitrogens with two attached hydrogens (primary N) is 1. The van der Waals surface area contributed by atoms with Crippen molar-refractivity contribution in [3.05, 3.63) is 29.3 Å². The van der Waals surface area contributed by atoms with Gasteiger partial charge in [-0.25, -0.2) is 8.42 Å². The maximum absolute atomic E-state index is 11.1. The number of sulfone groups is 1. The summed E-state index contributed by atoms with van der Waals surface area (Å²) in [6.45, 7) is 1.97. The fraction of sp³-hybridized carbons (Fsp3) is 0.538. The lowest BCUT2D eigenvalue weighted by molar-refractivity contribution is 0.409. The van der Waals surface area contributed by atoms with E-state index in [0.717, 1.165) is 16.9 Å². The monoisotopic (exact) mass is 286 g/mol. The first-order valence-corrected chi connectivity index (χ1v) is 8.22. The molecule has 1 atom stereocenters. The van der Waals surface area contributed by atoms with Crippen molar-refractivity contribution in [3.63, 3.8) is 0 Å². The molecular formula is C13H22N2O3S. The number of aryl methyl sites for hydroxylation is 1. The molecule has 0 fully saturated rings. The Morgan fingerprint density at radius 2 is 2.11 bits per heavy atom. The van der Waals surface area contributed by atoms with E-state index in [1.165, 1.54) is 6.26 Å². The van der Waals surface area contributed by atoms with Crippen LogP contribution in [0.4, 0.5) is 0 Å². The van der Waals surface area contributed by atoms with Crippen LogP contribution in [0.3, 0.4) is 0 Å². The normalized spacial score (nSPS) is 13.3. The summed E-state index contributed by atoms with van der Waals surface area (Å²) < 4.78 is 27.5. The van der Waals surface area contributed by atoms with Crippen molar-refractivity contribution < 1.29 is 13.2 Å². The molecule has 1 rings (SSSR count). The number of benzene rings is 1. The van der Waals surface area contributed by atoms with E-state index in [2.05, 4.69) is 5.43 Å². The molecule has 1 unspecified atom stereocenters. The fourth-order valence-electron chi connectivity index (χ4n) is 1.95. The highest BCUT2D eigenvalue weighted by atomic mass is 32.2. The van der Waals surface area contributed by atoms with E-state index in [1.54, 1.807) is 7.11 Å². The molecule has 0 saturated heterocycles. The van der Waals surface area contributed by atoms with Crippen LogP contribution in [0.2, 0.25) is 0 Å². The number of nitrogens with one attached hydrogen (secondary N) is 1. The Bertz CT molecular complexity index is 515. The van der Waals surface area contributed by atoms with E-state index < -0.39 is 9.84 Å². The summed E-state index contributed by atoms with van der Waals surface area (Å²) in [7, 11) is -1.30. The average Bonchev–Trinajstić information content (AvgIpc) is 2.34. The highest BCUT2D eigenvalue weighted by Gasteiger charge is 2.13. The van der Waals surface area contributed by atoms with E-state index in [0.29, 0.717) is 12.8 Å². The summed E-state index contributed by atoms with van der Waals surface area (Å²) in [6.07, 6.45) is 2.48. The van der Waals surface area contributed by atoms with Crippen molar-refractivity contribution in [2.45, 2.75) is 25.8 Å². The van der Waals surface area contributed by atoms with Crippen molar-refractivity contribution in [1.82, 2.24) is 5.43 Å². The van der Waals surface area contributed by atoms with Crippen molar-refractivity contribution in [2.24, 2.45) is 5.84 Å². The molecule has 5 nitrogen and oxygen atoms in total. The Morgan fingerprint density at radius 3 is 2.63 bits per heavy atom. The first-order chi connectivity index (χ1) is 8.87. The smallest absolute Gasteiger partial charge is 0.147 e. The number of hydrazine groups is 1. The Hall–Kier alpha value is -1.11. The van der Waals surface area contributed by atoms with Gasteiger partial charge in [-0.3, -0.25) is 11.3 Å².